The minimum absolute atomic E-state index is 0.127. The predicted molar refractivity (Wildman–Crippen MR) is 130 cm³/mol. The van der Waals surface area contributed by atoms with Gasteiger partial charge in [0.2, 0.25) is 0 Å². The second-order valence-corrected chi connectivity index (χ2v) is 8.81. The number of fused-ring (bicyclic) bond motifs is 1. The first-order valence-electron chi connectivity index (χ1n) is 11.3. The standard InChI is InChI=1S/C28H27FN2O/c1-19-27(30-26-12-9-23(29)18-25(26)28(19)32)22-7-10-24(11-8-22)31-15-13-21(14-16-31)17-20-5-3-2-4-6-20/h2-12,18,21H,13-17H2,1H3,(H,30,32). The van der Waals surface area contributed by atoms with Crippen molar-refractivity contribution in [2.24, 2.45) is 5.92 Å². The van der Waals surface area contributed by atoms with Crippen LogP contribution in [0.3, 0.4) is 0 Å². The van der Waals surface area contributed by atoms with E-state index in [1.165, 1.54) is 36.2 Å². The number of hydrogen-bond donors (Lipinski definition) is 1. The van der Waals surface area contributed by atoms with Gasteiger partial charge in [0.05, 0.1) is 5.69 Å². The van der Waals surface area contributed by atoms with Crippen LogP contribution in [0, 0.1) is 18.7 Å². The molecule has 1 aliphatic rings. The van der Waals surface area contributed by atoms with E-state index in [-0.39, 0.29) is 5.43 Å². The molecule has 0 saturated carbocycles. The summed E-state index contributed by atoms with van der Waals surface area (Å²) in [5.41, 5.74) is 5.54. The summed E-state index contributed by atoms with van der Waals surface area (Å²) in [4.78, 5) is 18.5. The number of hydrogen-bond acceptors (Lipinski definition) is 2. The molecule has 0 bridgehead atoms. The number of anilines is 1. The smallest absolute Gasteiger partial charge is 0.193 e. The number of aromatic amines is 1. The fourth-order valence-electron chi connectivity index (χ4n) is 4.83. The molecular weight excluding hydrogens is 399 g/mol. The number of H-pyrrole nitrogens is 1. The summed E-state index contributed by atoms with van der Waals surface area (Å²) in [5, 5.41) is 0.390. The maximum Gasteiger partial charge on any atom is 0.193 e. The molecule has 1 N–H and O–H groups in total. The fourth-order valence-corrected chi connectivity index (χ4v) is 4.83. The summed E-state index contributed by atoms with van der Waals surface area (Å²) in [6.45, 7) is 3.92. The van der Waals surface area contributed by atoms with Crippen LogP contribution < -0.4 is 10.3 Å². The molecule has 0 atom stereocenters. The van der Waals surface area contributed by atoms with Gasteiger partial charge < -0.3 is 9.88 Å². The summed E-state index contributed by atoms with van der Waals surface area (Å²) >= 11 is 0. The van der Waals surface area contributed by atoms with Crippen LogP contribution in [0.5, 0.6) is 0 Å². The van der Waals surface area contributed by atoms with E-state index >= 15 is 0 Å². The fraction of sp³-hybridized carbons (Fsp3) is 0.250. The van der Waals surface area contributed by atoms with Crippen molar-refractivity contribution in [3.8, 4) is 11.3 Å². The molecule has 0 unspecified atom stereocenters. The molecule has 32 heavy (non-hydrogen) atoms. The zero-order valence-electron chi connectivity index (χ0n) is 18.3. The Bertz CT molecular complexity index is 1290. The highest BCUT2D eigenvalue weighted by Gasteiger charge is 2.20. The van der Waals surface area contributed by atoms with E-state index in [0.717, 1.165) is 36.7 Å². The number of rotatable bonds is 4. The second kappa shape index (κ2) is 8.62. The first kappa shape index (κ1) is 20.5. The molecule has 4 heteroatoms. The number of nitrogens with one attached hydrogen (secondary N) is 1. The summed E-state index contributed by atoms with van der Waals surface area (Å²) in [7, 11) is 0. The minimum atomic E-state index is -0.396. The molecular formula is C28H27FN2O. The molecule has 3 nitrogen and oxygen atoms in total. The number of nitrogens with zero attached hydrogens (tertiary/aromatic N) is 1. The Morgan fingerprint density at radius 2 is 1.69 bits per heavy atom. The predicted octanol–water partition coefficient (Wildman–Crippen LogP) is 6.10. The van der Waals surface area contributed by atoms with Gasteiger partial charge in [-0.25, -0.2) is 4.39 Å². The number of piperidine rings is 1. The third-order valence-corrected chi connectivity index (χ3v) is 6.70. The van der Waals surface area contributed by atoms with Crippen molar-refractivity contribution < 1.29 is 4.39 Å². The van der Waals surface area contributed by atoms with Gasteiger partial charge in [-0.15, -0.1) is 0 Å². The van der Waals surface area contributed by atoms with Crippen molar-refractivity contribution in [3.05, 3.63) is 100.0 Å². The second-order valence-electron chi connectivity index (χ2n) is 8.81. The molecule has 2 heterocycles. The lowest BCUT2D eigenvalue weighted by Gasteiger charge is -2.34. The van der Waals surface area contributed by atoms with Crippen molar-refractivity contribution in [3.63, 3.8) is 0 Å². The molecule has 0 amide bonds. The van der Waals surface area contributed by atoms with Gasteiger partial charge in [0.1, 0.15) is 5.82 Å². The number of aromatic nitrogens is 1. The topological polar surface area (TPSA) is 36.1 Å². The van der Waals surface area contributed by atoms with Crippen LogP contribution in [0.4, 0.5) is 10.1 Å². The summed E-state index contributed by atoms with van der Waals surface area (Å²) in [6, 6.07) is 23.5. The van der Waals surface area contributed by atoms with Crippen LogP contribution in [0.15, 0.2) is 77.6 Å². The van der Waals surface area contributed by atoms with Crippen LogP contribution in [-0.2, 0) is 6.42 Å². The van der Waals surface area contributed by atoms with Gasteiger partial charge in [0.25, 0.3) is 0 Å². The maximum absolute atomic E-state index is 13.6. The molecule has 3 aromatic carbocycles. The average molecular weight is 427 g/mol. The van der Waals surface area contributed by atoms with Gasteiger partial charge in [0.15, 0.2) is 5.43 Å². The Kier molecular flexibility index (Phi) is 5.52. The van der Waals surface area contributed by atoms with Gasteiger partial charge in [-0.2, -0.15) is 0 Å². The number of pyridine rings is 1. The van der Waals surface area contributed by atoms with Crippen molar-refractivity contribution >= 4 is 16.6 Å². The molecule has 1 aliphatic heterocycles. The van der Waals surface area contributed by atoms with Gasteiger partial charge in [-0.05, 0) is 73.6 Å². The SMILES string of the molecule is Cc1c(-c2ccc(N3CCC(Cc4ccccc4)CC3)cc2)[nH]c2ccc(F)cc2c1=O. The molecule has 5 rings (SSSR count). The Hall–Kier alpha value is -3.40. The zero-order chi connectivity index (χ0) is 22.1. The van der Waals surface area contributed by atoms with Crippen molar-refractivity contribution in [2.75, 3.05) is 18.0 Å². The molecule has 0 spiro atoms. The van der Waals surface area contributed by atoms with Gasteiger partial charge in [-0.3, -0.25) is 4.79 Å². The average Bonchev–Trinajstić information content (AvgIpc) is 2.83. The van der Waals surface area contributed by atoms with Crippen LogP contribution in [0.1, 0.15) is 24.0 Å². The number of halogens is 1. The van der Waals surface area contributed by atoms with Crippen LogP contribution in [0.25, 0.3) is 22.2 Å². The monoisotopic (exact) mass is 426 g/mol. The van der Waals surface area contributed by atoms with E-state index in [1.807, 2.05) is 0 Å². The summed E-state index contributed by atoms with van der Waals surface area (Å²) < 4.78 is 13.6. The first-order valence-corrected chi connectivity index (χ1v) is 11.3. The molecule has 0 radical (unpaired) electrons. The van der Waals surface area contributed by atoms with Gasteiger partial charge in [-0.1, -0.05) is 42.5 Å². The van der Waals surface area contributed by atoms with Crippen molar-refractivity contribution in [2.45, 2.75) is 26.2 Å². The van der Waals surface area contributed by atoms with Gasteiger partial charge >= 0.3 is 0 Å². The van der Waals surface area contributed by atoms with Gasteiger partial charge in [0, 0.05) is 35.2 Å². The van der Waals surface area contributed by atoms with Crippen LogP contribution in [-0.4, -0.2) is 18.1 Å². The molecule has 162 valence electrons. The molecule has 1 aromatic heterocycles. The molecule has 4 aromatic rings. The Balaban J connectivity index is 1.31. The number of benzene rings is 3. The lowest BCUT2D eigenvalue weighted by atomic mass is 9.90. The van der Waals surface area contributed by atoms with Crippen molar-refractivity contribution in [1.29, 1.82) is 0 Å². The normalized spacial score (nSPS) is 14.8. The van der Waals surface area contributed by atoms with Crippen LogP contribution in [0.2, 0.25) is 0 Å². The highest BCUT2D eigenvalue weighted by molar-refractivity contribution is 5.83. The Morgan fingerprint density at radius 3 is 2.41 bits per heavy atom. The minimum Gasteiger partial charge on any atom is -0.372 e. The van der Waals surface area contributed by atoms with Crippen LogP contribution >= 0.6 is 0 Å². The summed E-state index contributed by atoms with van der Waals surface area (Å²) in [5.74, 6) is 0.343. The van der Waals surface area contributed by atoms with E-state index in [9.17, 15) is 9.18 Å². The lowest BCUT2D eigenvalue weighted by molar-refractivity contribution is 0.404. The third kappa shape index (κ3) is 4.05. The molecule has 0 aliphatic carbocycles. The lowest BCUT2D eigenvalue weighted by Crippen LogP contribution is -2.34. The zero-order valence-corrected chi connectivity index (χ0v) is 18.3. The Labute approximate surface area is 187 Å². The Morgan fingerprint density at radius 1 is 0.969 bits per heavy atom. The maximum atomic E-state index is 13.6. The van der Waals surface area contributed by atoms with E-state index in [0.29, 0.717) is 16.5 Å². The molecule has 1 fully saturated rings. The quantitative estimate of drug-likeness (QED) is 0.428. The summed E-state index contributed by atoms with van der Waals surface area (Å²) in [6.07, 6.45) is 3.56. The highest BCUT2D eigenvalue weighted by atomic mass is 19.1. The van der Waals surface area contributed by atoms with E-state index in [1.54, 1.807) is 13.0 Å². The van der Waals surface area contributed by atoms with E-state index in [2.05, 4.69) is 64.5 Å². The van der Waals surface area contributed by atoms with E-state index < -0.39 is 5.82 Å². The largest absolute Gasteiger partial charge is 0.372 e. The third-order valence-electron chi connectivity index (χ3n) is 6.70. The van der Waals surface area contributed by atoms with E-state index in [4.69, 9.17) is 0 Å². The molecule has 1 saturated heterocycles. The highest BCUT2D eigenvalue weighted by Crippen LogP contribution is 2.29. The first-order chi connectivity index (χ1) is 15.6. The van der Waals surface area contributed by atoms with Crippen molar-refractivity contribution in [1.82, 2.24) is 4.98 Å².